The van der Waals surface area contributed by atoms with Crippen LogP contribution >= 0.6 is 11.6 Å². The average molecular weight is 331 g/mol. The second-order valence-corrected chi connectivity index (χ2v) is 5.86. The highest BCUT2D eigenvalue weighted by Crippen LogP contribution is 2.27. The molecular formula is C17H17ClN3O2. The molecule has 0 fully saturated rings. The van der Waals surface area contributed by atoms with Crippen LogP contribution in [-0.4, -0.2) is 23.7 Å². The predicted octanol–water partition coefficient (Wildman–Crippen LogP) is 3.79. The zero-order chi connectivity index (χ0) is 16.4. The van der Waals surface area contributed by atoms with Crippen molar-refractivity contribution >= 4 is 23.2 Å². The van der Waals surface area contributed by atoms with Gasteiger partial charge in [0, 0.05) is 12.3 Å². The first-order valence-electron chi connectivity index (χ1n) is 7.33. The van der Waals surface area contributed by atoms with Crippen LogP contribution in [0.3, 0.4) is 0 Å². The molecule has 1 aliphatic heterocycles. The van der Waals surface area contributed by atoms with Crippen molar-refractivity contribution in [2.45, 2.75) is 26.9 Å². The Morgan fingerprint density at radius 2 is 2.26 bits per heavy atom. The molecule has 0 N–H and O–H groups in total. The van der Waals surface area contributed by atoms with Crippen molar-refractivity contribution in [2.75, 3.05) is 11.7 Å². The molecule has 0 saturated heterocycles. The SMILES string of the molecule is Cc1ccc[c]c1N1COC(c2cnc(OC(C)C)c(Cl)c2)=N1. The number of aromatic nitrogens is 1. The predicted molar refractivity (Wildman–Crippen MR) is 90.0 cm³/mol. The van der Waals surface area contributed by atoms with Crippen molar-refractivity contribution in [3.63, 3.8) is 0 Å². The van der Waals surface area contributed by atoms with Crippen LogP contribution in [0.4, 0.5) is 5.69 Å². The molecule has 1 aromatic heterocycles. The number of benzene rings is 1. The second-order valence-electron chi connectivity index (χ2n) is 5.46. The summed E-state index contributed by atoms with van der Waals surface area (Å²) < 4.78 is 11.2. The molecule has 1 aromatic carbocycles. The maximum atomic E-state index is 6.21. The van der Waals surface area contributed by atoms with E-state index >= 15 is 0 Å². The van der Waals surface area contributed by atoms with Crippen LogP contribution in [0.5, 0.6) is 5.88 Å². The first-order chi connectivity index (χ1) is 11.0. The Hall–Kier alpha value is -2.27. The first-order valence-corrected chi connectivity index (χ1v) is 7.71. The number of pyridine rings is 1. The van der Waals surface area contributed by atoms with Gasteiger partial charge in [0.25, 0.3) is 0 Å². The first kappa shape index (κ1) is 15.6. The maximum absolute atomic E-state index is 6.21. The van der Waals surface area contributed by atoms with E-state index in [1.807, 2.05) is 39.0 Å². The minimum Gasteiger partial charge on any atom is -0.474 e. The van der Waals surface area contributed by atoms with Gasteiger partial charge in [-0.2, -0.15) is 0 Å². The summed E-state index contributed by atoms with van der Waals surface area (Å²) in [5, 5.41) is 6.67. The molecule has 2 aromatic rings. The normalized spacial score (nSPS) is 14.0. The Balaban J connectivity index is 1.84. The van der Waals surface area contributed by atoms with Crippen LogP contribution in [-0.2, 0) is 4.74 Å². The summed E-state index contributed by atoms with van der Waals surface area (Å²) in [7, 11) is 0. The summed E-state index contributed by atoms with van der Waals surface area (Å²) in [5.74, 6) is 0.889. The molecule has 0 bridgehead atoms. The number of hydrogen-bond acceptors (Lipinski definition) is 5. The summed E-state index contributed by atoms with van der Waals surface area (Å²) in [6, 6.07) is 10.7. The minimum absolute atomic E-state index is 0.0120. The van der Waals surface area contributed by atoms with Gasteiger partial charge < -0.3 is 9.47 Å². The van der Waals surface area contributed by atoms with Gasteiger partial charge in [-0.25, -0.2) is 9.99 Å². The van der Waals surface area contributed by atoms with Gasteiger partial charge in [-0.05, 0) is 32.4 Å². The highest BCUT2D eigenvalue weighted by atomic mass is 35.5. The van der Waals surface area contributed by atoms with Crippen molar-refractivity contribution in [1.82, 2.24) is 4.98 Å². The molecule has 1 aliphatic rings. The molecule has 23 heavy (non-hydrogen) atoms. The lowest BCUT2D eigenvalue weighted by Crippen LogP contribution is -2.13. The summed E-state index contributed by atoms with van der Waals surface area (Å²) in [4.78, 5) is 4.24. The smallest absolute Gasteiger partial charge is 0.242 e. The molecule has 0 spiro atoms. The molecule has 0 unspecified atom stereocenters. The number of hydrazone groups is 1. The Labute approximate surface area is 140 Å². The van der Waals surface area contributed by atoms with Gasteiger partial charge in [-0.15, -0.1) is 5.10 Å². The standard InChI is InChI=1S/C17H17ClN3O2/c1-11(2)23-17-14(18)8-13(9-19-17)16-20-21(10-22-16)15-7-5-4-6-12(15)3/h4-6,8-9,11H,10H2,1-3H3. The number of nitrogens with zero attached hydrogens (tertiary/aromatic N) is 3. The number of hydrogen-bond donors (Lipinski definition) is 0. The molecule has 0 aliphatic carbocycles. The molecule has 0 atom stereocenters. The largest absolute Gasteiger partial charge is 0.474 e. The van der Waals surface area contributed by atoms with Crippen LogP contribution < -0.4 is 9.75 Å². The highest BCUT2D eigenvalue weighted by molar-refractivity contribution is 6.32. The van der Waals surface area contributed by atoms with Gasteiger partial charge in [0.1, 0.15) is 5.02 Å². The van der Waals surface area contributed by atoms with Crippen LogP contribution in [0.2, 0.25) is 5.02 Å². The highest BCUT2D eigenvalue weighted by Gasteiger charge is 2.21. The Kier molecular flexibility index (Phi) is 4.39. The third-order valence-electron chi connectivity index (χ3n) is 3.23. The van der Waals surface area contributed by atoms with Crippen molar-refractivity contribution in [1.29, 1.82) is 0 Å². The average Bonchev–Trinajstić information content (AvgIpc) is 2.99. The third-order valence-corrected chi connectivity index (χ3v) is 3.50. The molecule has 1 radical (unpaired) electrons. The summed E-state index contributed by atoms with van der Waals surface area (Å²) in [6.45, 7) is 6.19. The number of ether oxygens (including phenoxy) is 2. The van der Waals surface area contributed by atoms with Crippen molar-refractivity contribution in [3.05, 3.63) is 52.7 Å². The van der Waals surface area contributed by atoms with E-state index < -0.39 is 0 Å². The van der Waals surface area contributed by atoms with E-state index in [0.717, 1.165) is 11.3 Å². The van der Waals surface area contributed by atoms with E-state index in [0.29, 0.717) is 29.1 Å². The van der Waals surface area contributed by atoms with Crippen molar-refractivity contribution in [2.24, 2.45) is 5.10 Å². The number of rotatable bonds is 4. The summed E-state index contributed by atoms with van der Waals surface area (Å²) in [6.07, 6.45) is 1.66. The molecule has 0 amide bonds. The van der Waals surface area contributed by atoms with Crippen molar-refractivity contribution in [3.8, 4) is 5.88 Å². The van der Waals surface area contributed by atoms with Crippen LogP contribution in [0, 0.1) is 13.0 Å². The monoisotopic (exact) mass is 330 g/mol. The zero-order valence-electron chi connectivity index (χ0n) is 13.2. The van der Waals surface area contributed by atoms with E-state index in [4.69, 9.17) is 21.1 Å². The fourth-order valence-corrected chi connectivity index (χ4v) is 2.40. The summed E-state index contributed by atoms with van der Waals surface area (Å²) in [5.41, 5.74) is 2.68. The fourth-order valence-electron chi connectivity index (χ4n) is 2.19. The van der Waals surface area contributed by atoms with Gasteiger partial charge in [-0.1, -0.05) is 29.8 Å². The van der Waals surface area contributed by atoms with Gasteiger partial charge in [0.15, 0.2) is 6.73 Å². The Morgan fingerprint density at radius 1 is 1.43 bits per heavy atom. The van der Waals surface area contributed by atoms with Crippen LogP contribution in [0.15, 0.2) is 35.6 Å². The lowest BCUT2D eigenvalue weighted by atomic mass is 10.2. The zero-order valence-corrected chi connectivity index (χ0v) is 14.0. The number of aryl methyl sites for hydroxylation is 1. The van der Waals surface area contributed by atoms with E-state index in [9.17, 15) is 0 Å². The topological polar surface area (TPSA) is 47.0 Å². The fraction of sp³-hybridized carbons (Fsp3) is 0.294. The number of anilines is 1. The molecule has 119 valence electrons. The van der Waals surface area contributed by atoms with E-state index in [1.54, 1.807) is 17.3 Å². The van der Waals surface area contributed by atoms with Crippen LogP contribution in [0.25, 0.3) is 0 Å². The lowest BCUT2D eigenvalue weighted by molar-refractivity contribution is 0.233. The van der Waals surface area contributed by atoms with Gasteiger partial charge in [-0.3, -0.25) is 0 Å². The third kappa shape index (κ3) is 3.40. The molecular weight excluding hydrogens is 314 g/mol. The van der Waals surface area contributed by atoms with Gasteiger partial charge in [0.05, 0.1) is 17.4 Å². The van der Waals surface area contributed by atoms with Crippen LogP contribution in [0.1, 0.15) is 25.0 Å². The Morgan fingerprint density at radius 3 is 2.96 bits per heavy atom. The Bertz CT molecular complexity index is 746. The maximum Gasteiger partial charge on any atom is 0.242 e. The molecule has 6 heteroatoms. The molecule has 2 heterocycles. The van der Waals surface area contributed by atoms with E-state index in [2.05, 4.69) is 16.2 Å². The van der Waals surface area contributed by atoms with E-state index in [1.165, 1.54) is 0 Å². The quantitative estimate of drug-likeness (QED) is 0.855. The minimum atomic E-state index is 0.0120. The van der Waals surface area contributed by atoms with Gasteiger partial charge in [0.2, 0.25) is 11.8 Å². The van der Waals surface area contributed by atoms with E-state index in [-0.39, 0.29) is 6.10 Å². The van der Waals surface area contributed by atoms with Crippen molar-refractivity contribution < 1.29 is 9.47 Å². The lowest BCUT2D eigenvalue weighted by Gasteiger charge is -2.12. The second kappa shape index (κ2) is 6.46. The summed E-state index contributed by atoms with van der Waals surface area (Å²) >= 11 is 6.21. The number of halogens is 1. The molecule has 0 saturated carbocycles. The van der Waals surface area contributed by atoms with Gasteiger partial charge >= 0.3 is 0 Å². The molecule has 3 rings (SSSR count). The molecule has 5 nitrogen and oxygen atoms in total. The number of para-hydroxylation sites is 1.